The molecule has 0 aliphatic heterocycles. The Morgan fingerprint density at radius 1 is 1.12 bits per heavy atom. The SMILES string of the molecule is CCCCc1ccc(NC(=O)c2ccc(F)c(S(C)(=O)=O)c2)cc1. The standard InChI is InChI=1S/C18H20FNO3S/c1-3-4-5-13-6-9-15(10-7-13)20-18(21)14-8-11-16(19)17(12-14)24(2,22)23/h6-12H,3-5H2,1-2H3,(H,20,21). The smallest absolute Gasteiger partial charge is 0.255 e. The van der Waals surface area contributed by atoms with Crippen molar-refractivity contribution in [2.75, 3.05) is 11.6 Å². The number of unbranched alkanes of at least 4 members (excludes halogenated alkanes) is 1. The molecule has 0 atom stereocenters. The van der Waals surface area contributed by atoms with Gasteiger partial charge in [0.1, 0.15) is 10.7 Å². The van der Waals surface area contributed by atoms with E-state index in [1.807, 2.05) is 12.1 Å². The van der Waals surface area contributed by atoms with Gasteiger partial charge in [-0.05, 0) is 48.7 Å². The molecule has 0 aliphatic carbocycles. The van der Waals surface area contributed by atoms with Gasteiger partial charge in [0.15, 0.2) is 9.84 Å². The van der Waals surface area contributed by atoms with Crippen LogP contribution in [0.1, 0.15) is 35.7 Å². The van der Waals surface area contributed by atoms with Crippen LogP contribution in [-0.2, 0) is 16.3 Å². The topological polar surface area (TPSA) is 63.2 Å². The zero-order valence-electron chi connectivity index (χ0n) is 13.7. The summed E-state index contributed by atoms with van der Waals surface area (Å²) in [5.41, 5.74) is 1.88. The molecular weight excluding hydrogens is 329 g/mol. The van der Waals surface area contributed by atoms with E-state index in [0.717, 1.165) is 37.7 Å². The third kappa shape index (κ3) is 4.64. The predicted molar refractivity (Wildman–Crippen MR) is 92.5 cm³/mol. The Morgan fingerprint density at radius 3 is 2.38 bits per heavy atom. The summed E-state index contributed by atoms with van der Waals surface area (Å²) in [4.78, 5) is 11.8. The quantitative estimate of drug-likeness (QED) is 0.862. The third-order valence-corrected chi connectivity index (χ3v) is 4.74. The molecule has 0 heterocycles. The molecule has 128 valence electrons. The van der Waals surface area contributed by atoms with Gasteiger partial charge in [-0.1, -0.05) is 25.5 Å². The Bertz CT molecular complexity index is 830. The lowest BCUT2D eigenvalue weighted by Crippen LogP contribution is -2.13. The van der Waals surface area contributed by atoms with Crippen LogP contribution in [0.5, 0.6) is 0 Å². The summed E-state index contributed by atoms with van der Waals surface area (Å²) >= 11 is 0. The summed E-state index contributed by atoms with van der Waals surface area (Å²) in [5, 5.41) is 2.68. The van der Waals surface area contributed by atoms with Gasteiger partial charge in [-0.2, -0.15) is 0 Å². The highest BCUT2D eigenvalue weighted by Crippen LogP contribution is 2.18. The molecule has 1 N–H and O–H groups in total. The van der Waals surface area contributed by atoms with Gasteiger partial charge in [0, 0.05) is 17.5 Å². The Labute approximate surface area is 141 Å². The molecule has 0 aliphatic rings. The van der Waals surface area contributed by atoms with Crippen molar-refractivity contribution < 1.29 is 17.6 Å². The number of benzene rings is 2. The number of anilines is 1. The summed E-state index contributed by atoms with van der Waals surface area (Å²) in [6.45, 7) is 2.13. The van der Waals surface area contributed by atoms with Crippen LogP contribution >= 0.6 is 0 Å². The lowest BCUT2D eigenvalue weighted by Gasteiger charge is -2.08. The van der Waals surface area contributed by atoms with Gasteiger partial charge in [-0.15, -0.1) is 0 Å². The number of amides is 1. The molecule has 0 spiro atoms. The molecule has 2 aromatic rings. The molecule has 0 saturated carbocycles. The second-order valence-corrected chi connectivity index (χ2v) is 7.66. The largest absolute Gasteiger partial charge is 0.322 e. The van der Waals surface area contributed by atoms with Crippen molar-refractivity contribution in [1.29, 1.82) is 0 Å². The molecule has 0 radical (unpaired) electrons. The van der Waals surface area contributed by atoms with Gasteiger partial charge < -0.3 is 5.32 Å². The summed E-state index contributed by atoms with van der Waals surface area (Å²) < 4.78 is 36.7. The van der Waals surface area contributed by atoms with E-state index in [0.29, 0.717) is 5.69 Å². The summed E-state index contributed by atoms with van der Waals surface area (Å²) in [6.07, 6.45) is 4.11. The number of hydrogen-bond acceptors (Lipinski definition) is 3. The summed E-state index contributed by atoms with van der Waals surface area (Å²) in [6, 6.07) is 10.8. The normalized spacial score (nSPS) is 11.3. The molecule has 0 bridgehead atoms. The van der Waals surface area contributed by atoms with E-state index in [1.54, 1.807) is 12.1 Å². The van der Waals surface area contributed by atoms with Gasteiger partial charge in [-0.25, -0.2) is 12.8 Å². The van der Waals surface area contributed by atoms with Gasteiger partial charge in [0.25, 0.3) is 5.91 Å². The van der Waals surface area contributed by atoms with E-state index in [-0.39, 0.29) is 5.56 Å². The first-order valence-electron chi connectivity index (χ1n) is 7.71. The average Bonchev–Trinajstić information content (AvgIpc) is 2.53. The first-order valence-corrected chi connectivity index (χ1v) is 9.60. The fourth-order valence-corrected chi connectivity index (χ4v) is 3.03. The zero-order chi connectivity index (χ0) is 17.7. The molecule has 24 heavy (non-hydrogen) atoms. The maximum atomic E-state index is 13.6. The summed E-state index contributed by atoms with van der Waals surface area (Å²) in [7, 11) is -3.73. The minimum Gasteiger partial charge on any atom is -0.322 e. The van der Waals surface area contributed by atoms with Crippen LogP contribution < -0.4 is 5.32 Å². The highest BCUT2D eigenvalue weighted by Gasteiger charge is 2.17. The Balaban J connectivity index is 2.15. The average molecular weight is 349 g/mol. The molecule has 4 nitrogen and oxygen atoms in total. The molecule has 0 saturated heterocycles. The van der Waals surface area contributed by atoms with E-state index in [4.69, 9.17) is 0 Å². The first-order chi connectivity index (χ1) is 11.3. The van der Waals surface area contributed by atoms with Crippen molar-refractivity contribution in [3.8, 4) is 0 Å². The van der Waals surface area contributed by atoms with E-state index < -0.39 is 26.5 Å². The van der Waals surface area contributed by atoms with Gasteiger partial charge >= 0.3 is 0 Å². The Hall–Kier alpha value is -2.21. The molecule has 1 amide bonds. The fourth-order valence-electron chi connectivity index (χ4n) is 2.27. The molecular formula is C18H20FNO3S. The number of aryl methyl sites for hydroxylation is 1. The highest BCUT2D eigenvalue weighted by molar-refractivity contribution is 7.90. The monoisotopic (exact) mass is 349 g/mol. The van der Waals surface area contributed by atoms with Crippen LogP contribution in [0.4, 0.5) is 10.1 Å². The van der Waals surface area contributed by atoms with Crippen molar-refractivity contribution in [1.82, 2.24) is 0 Å². The van der Waals surface area contributed by atoms with Crippen LogP contribution in [0.25, 0.3) is 0 Å². The molecule has 6 heteroatoms. The van der Waals surface area contributed by atoms with Crippen LogP contribution in [0.2, 0.25) is 0 Å². The number of carbonyl (C=O) groups excluding carboxylic acids is 1. The van der Waals surface area contributed by atoms with Crippen LogP contribution in [0.3, 0.4) is 0 Å². The van der Waals surface area contributed by atoms with Crippen molar-refractivity contribution in [2.45, 2.75) is 31.1 Å². The second kappa shape index (κ2) is 7.57. The van der Waals surface area contributed by atoms with Crippen molar-refractivity contribution in [3.63, 3.8) is 0 Å². The summed E-state index contributed by atoms with van der Waals surface area (Å²) in [5.74, 6) is -1.35. The maximum Gasteiger partial charge on any atom is 0.255 e. The van der Waals surface area contributed by atoms with Crippen LogP contribution in [0.15, 0.2) is 47.4 Å². The molecule has 0 unspecified atom stereocenters. The van der Waals surface area contributed by atoms with Crippen molar-refractivity contribution in [3.05, 3.63) is 59.4 Å². The highest BCUT2D eigenvalue weighted by atomic mass is 32.2. The number of halogens is 1. The number of sulfone groups is 1. The van der Waals surface area contributed by atoms with E-state index in [1.165, 1.54) is 11.6 Å². The maximum absolute atomic E-state index is 13.6. The number of hydrogen-bond donors (Lipinski definition) is 1. The van der Waals surface area contributed by atoms with Gasteiger partial charge in [0.2, 0.25) is 0 Å². The molecule has 0 aromatic heterocycles. The lowest BCUT2D eigenvalue weighted by atomic mass is 10.1. The van der Waals surface area contributed by atoms with E-state index in [9.17, 15) is 17.6 Å². The molecule has 2 aromatic carbocycles. The van der Waals surface area contributed by atoms with Crippen LogP contribution in [-0.4, -0.2) is 20.6 Å². The first kappa shape index (κ1) is 18.1. The lowest BCUT2D eigenvalue weighted by molar-refractivity contribution is 0.102. The number of nitrogens with one attached hydrogen (secondary N) is 1. The minimum atomic E-state index is -3.73. The molecule has 2 rings (SSSR count). The van der Waals surface area contributed by atoms with Crippen LogP contribution in [0, 0.1) is 5.82 Å². The van der Waals surface area contributed by atoms with Gasteiger partial charge in [0.05, 0.1) is 0 Å². The minimum absolute atomic E-state index is 0.0897. The van der Waals surface area contributed by atoms with Crippen molar-refractivity contribution >= 4 is 21.4 Å². The Kier molecular flexibility index (Phi) is 5.72. The van der Waals surface area contributed by atoms with E-state index in [2.05, 4.69) is 12.2 Å². The fraction of sp³-hybridized carbons (Fsp3) is 0.278. The van der Waals surface area contributed by atoms with Gasteiger partial charge in [-0.3, -0.25) is 4.79 Å². The second-order valence-electron chi connectivity index (χ2n) is 5.67. The van der Waals surface area contributed by atoms with E-state index >= 15 is 0 Å². The van der Waals surface area contributed by atoms with Crippen molar-refractivity contribution in [2.24, 2.45) is 0 Å². The number of rotatable bonds is 6. The predicted octanol–water partition coefficient (Wildman–Crippen LogP) is 3.82. The molecule has 0 fully saturated rings. The number of carbonyl (C=O) groups is 1. The third-order valence-electron chi connectivity index (χ3n) is 3.62. The Morgan fingerprint density at radius 2 is 1.79 bits per heavy atom. The zero-order valence-corrected chi connectivity index (χ0v) is 14.5.